The Morgan fingerprint density at radius 3 is 2.58 bits per heavy atom. The lowest BCUT2D eigenvalue weighted by Crippen LogP contribution is -2.12. The first-order chi connectivity index (χ1) is 17.4. The summed E-state index contributed by atoms with van der Waals surface area (Å²) in [5.41, 5.74) is 3.12. The molecule has 8 heteroatoms. The number of carbonyl (C=O) groups excluding carboxylic acids is 1. The third kappa shape index (κ3) is 5.10. The summed E-state index contributed by atoms with van der Waals surface area (Å²) < 4.78 is 13.4. The average Bonchev–Trinajstić information content (AvgIpc) is 3.45. The predicted octanol–water partition coefficient (Wildman–Crippen LogP) is 7.43. The molecule has 6 nitrogen and oxygen atoms in total. The molecule has 0 aliphatic carbocycles. The number of anilines is 1. The van der Waals surface area contributed by atoms with Gasteiger partial charge in [-0.1, -0.05) is 59.6 Å². The predicted molar refractivity (Wildman–Crippen MR) is 142 cm³/mol. The van der Waals surface area contributed by atoms with Crippen LogP contribution in [0.4, 0.5) is 5.69 Å². The van der Waals surface area contributed by atoms with E-state index >= 15 is 0 Å². The topological polar surface area (TPSA) is 69.3 Å². The van der Waals surface area contributed by atoms with Gasteiger partial charge >= 0.3 is 0 Å². The molecule has 0 saturated carbocycles. The first-order valence-electron chi connectivity index (χ1n) is 11.4. The lowest BCUT2D eigenvalue weighted by molar-refractivity contribution is 0.0992. The van der Waals surface area contributed by atoms with Crippen LogP contribution >= 0.6 is 23.2 Å². The summed E-state index contributed by atoms with van der Waals surface area (Å²) in [4.78, 5) is 12.9. The number of halogens is 2. The van der Waals surface area contributed by atoms with E-state index in [-0.39, 0.29) is 18.3 Å². The normalized spacial score (nSPS) is 11.1. The molecule has 0 atom stereocenters. The van der Waals surface area contributed by atoms with Gasteiger partial charge in [-0.15, -0.1) is 0 Å². The standard InChI is InChI=1S/C28H23Cl2N3O3/c1-17-27(18(2)33(32-17)15-19-7-11-24(29)25(30)13-19)31-28(34)26-12-10-23(36-26)16-35-22-9-8-20-5-3-4-6-21(20)14-22/h3-14H,15-16H2,1-2H3,(H,31,34). The summed E-state index contributed by atoms with van der Waals surface area (Å²) in [5, 5.41) is 10.7. The fraction of sp³-hybridized carbons (Fsp3) is 0.143. The lowest BCUT2D eigenvalue weighted by atomic mass is 10.1. The fourth-order valence-corrected chi connectivity index (χ4v) is 4.33. The number of rotatable bonds is 7. The summed E-state index contributed by atoms with van der Waals surface area (Å²) in [5.74, 6) is 1.13. The molecule has 0 fully saturated rings. The highest BCUT2D eigenvalue weighted by Gasteiger charge is 2.18. The highest BCUT2D eigenvalue weighted by Crippen LogP contribution is 2.26. The SMILES string of the molecule is Cc1nn(Cc2ccc(Cl)c(Cl)c2)c(C)c1NC(=O)c1ccc(COc2ccc3ccccc3c2)o1. The molecule has 2 aromatic heterocycles. The molecular weight excluding hydrogens is 497 g/mol. The van der Waals surface area contributed by atoms with Crippen molar-refractivity contribution in [2.24, 2.45) is 0 Å². The van der Waals surface area contributed by atoms with Gasteiger partial charge in [0.2, 0.25) is 0 Å². The van der Waals surface area contributed by atoms with Crippen LogP contribution in [0.15, 0.2) is 77.2 Å². The van der Waals surface area contributed by atoms with Crippen molar-refractivity contribution < 1.29 is 13.9 Å². The van der Waals surface area contributed by atoms with Crippen LogP contribution in [-0.4, -0.2) is 15.7 Å². The van der Waals surface area contributed by atoms with Gasteiger partial charge in [-0.05, 0) is 66.6 Å². The molecule has 5 rings (SSSR count). The third-order valence-corrected chi connectivity index (χ3v) is 6.66. The first kappa shape index (κ1) is 24.0. The molecular formula is C28H23Cl2N3O3. The van der Waals surface area contributed by atoms with Gasteiger partial charge in [0, 0.05) is 0 Å². The summed E-state index contributed by atoms with van der Waals surface area (Å²) >= 11 is 12.2. The Morgan fingerprint density at radius 1 is 0.972 bits per heavy atom. The Hall–Kier alpha value is -3.74. The van der Waals surface area contributed by atoms with Gasteiger partial charge in [-0.25, -0.2) is 0 Å². The second-order valence-electron chi connectivity index (χ2n) is 8.47. The van der Waals surface area contributed by atoms with Crippen molar-refractivity contribution in [1.29, 1.82) is 0 Å². The van der Waals surface area contributed by atoms with Crippen LogP contribution < -0.4 is 10.1 Å². The van der Waals surface area contributed by atoms with Gasteiger partial charge in [-0.3, -0.25) is 9.48 Å². The Kier molecular flexibility index (Phi) is 6.72. The number of nitrogens with one attached hydrogen (secondary N) is 1. The molecule has 0 radical (unpaired) electrons. The van der Waals surface area contributed by atoms with E-state index in [4.69, 9.17) is 32.4 Å². The zero-order valence-corrected chi connectivity index (χ0v) is 21.2. The van der Waals surface area contributed by atoms with Crippen LogP contribution in [0.3, 0.4) is 0 Å². The zero-order valence-electron chi connectivity index (χ0n) is 19.7. The number of hydrogen-bond acceptors (Lipinski definition) is 4. The molecule has 0 bridgehead atoms. The number of hydrogen-bond donors (Lipinski definition) is 1. The minimum Gasteiger partial charge on any atom is -0.486 e. The van der Waals surface area contributed by atoms with Crippen LogP contribution in [0.25, 0.3) is 10.8 Å². The molecule has 0 aliphatic heterocycles. The van der Waals surface area contributed by atoms with E-state index in [2.05, 4.69) is 16.5 Å². The maximum absolute atomic E-state index is 12.9. The molecule has 0 aliphatic rings. The van der Waals surface area contributed by atoms with E-state index < -0.39 is 0 Å². The molecule has 36 heavy (non-hydrogen) atoms. The van der Waals surface area contributed by atoms with Gasteiger partial charge in [-0.2, -0.15) is 5.10 Å². The van der Waals surface area contributed by atoms with Crippen molar-refractivity contribution in [3.05, 3.63) is 111 Å². The van der Waals surface area contributed by atoms with Crippen LogP contribution in [0, 0.1) is 13.8 Å². The van der Waals surface area contributed by atoms with E-state index in [0.29, 0.717) is 33.7 Å². The number of aromatic nitrogens is 2. The van der Waals surface area contributed by atoms with Crippen molar-refractivity contribution in [2.75, 3.05) is 5.32 Å². The van der Waals surface area contributed by atoms with Gasteiger partial charge in [0.1, 0.15) is 18.1 Å². The van der Waals surface area contributed by atoms with Crippen LogP contribution in [0.5, 0.6) is 5.75 Å². The number of aryl methyl sites for hydroxylation is 1. The monoisotopic (exact) mass is 519 g/mol. The number of furan rings is 1. The summed E-state index contributed by atoms with van der Waals surface area (Å²) in [7, 11) is 0. The third-order valence-electron chi connectivity index (χ3n) is 5.92. The van der Waals surface area contributed by atoms with Crippen molar-refractivity contribution in [1.82, 2.24) is 9.78 Å². The molecule has 1 N–H and O–H groups in total. The first-order valence-corrected chi connectivity index (χ1v) is 12.1. The van der Waals surface area contributed by atoms with Crippen molar-refractivity contribution in [2.45, 2.75) is 27.0 Å². The lowest BCUT2D eigenvalue weighted by Gasteiger charge is -2.08. The van der Waals surface area contributed by atoms with E-state index in [1.54, 1.807) is 18.2 Å². The molecule has 0 saturated heterocycles. The quantitative estimate of drug-likeness (QED) is 0.242. The molecule has 0 unspecified atom stereocenters. The van der Waals surface area contributed by atoms with Gasteiger partial charge in [0.05, 0.1) is 33.7 Å². The van der Waals surface area contributed by atoms with Crippen LogP contribution in [0.2, 0.25) is 10.0 Å². The number of fused-ring (bicyclic) bond motifs is 1. The molecule has 3 aromatic carbocycles. The Bertz CT molecular complexity index is 1570. The number of amides is 1. The minimum absolute atomic E-state index is 0.197. The molecule has 5 aromatic rings. The van der Waals surface area contributed by atoms with E-state index in [9.17, 15) is 4.79 Å². The Balaban J connectivity index is 1.24. The highest BCUT2D eigenvalue weighted by molar-refractivity contribution is 6.42. The van der Waals surface area contributed by atoms with E-state index in [0.717, 1.165) is 27.8 Å². The number of carbonyl (C=O) groups is 1. The smallest absolute Gasteiger partial charge is 0.291 e. The molecule has 182 valence electrons. The zero-order chi connectivity index (χ0) is 25.2. The average molecular weight is 520 g/mol. The summed E-state index contributed by atoms with van der Waals surface area (Å²) in [6.45, 7) is 4.46. The van der Waals surface area contributed by atoms with Gasteiger partial charge < -0.3 is 14.5 Å². The van der Waals surface area contributed by atoms with Crippen LogP contribution in [0.1, 0.15) is 33.3 Å². The Labute approximate surface area is 218 Å². The Morgan fingerprint density at radius 2 is 1.78 bits per heavy atom. The van der Waals surface area contributed by atoms with Crippen molar-refractivity contribution in [3.63, 3.8) is 0 Å². The maximum Gasteiger partial charge on any atom is 0.291 e. The van der Waals surface area contributed by atoms with E-state index in [1.807, 2.05) is 67.1 Å². The van der Waals surface area contributed by atoms with Gasteiger partial charge in [0.15, 0.2) is 5.76 Å². The number of nitrogens with zero attached hydrogens (tertiary/aromatic N) is 2. The second-order valence-corrected chi connectivity index (χ2v) is 9.28. The minimum atomic E-state index is -0.354. The molecule has 2 heterocycles. The molecule has 1 amide bonds. The van der Waals surface area contributed by atoms with E-state index in [1.165, 1.54) is 0 Å². The maximum atomic E-state index is 12.9. The van der Waals surface area contributed by atoms with Crippen molar-refractivity contribution >= 4 is 45.6 Å². The summed E-state index contributed by atoms with van der Waals surface area (Å²) in [6.07, 6.45) is 0. The van der Waals surface area contributed by atoms with Crippen LogP contribution in [-0.2, 0) is 13.2 Å². The fourth-order valence-electron chi connectivity index (χ4n) is 4.01. The second kappa shape index (κ2) is 10.1. The van der Waals surface area contributed by atoms with Crippen molar-refractivity contribution in [3.8, 4) is 5.75 Å². The molecule has 0 spiro atoms. The van der Waals surface area contributed by atoms with Gasteiger partial charge in [0.25, 0.3) is 5.91 Å². The largest absolute Gasteiger partial charge is 0.486 e. The summed E-state index contributed by atoms with van der Waals surface area (Å²) in [6, 6.07) is 22.8. The highest BCUT2D eigenvalue weighted by atomic mass is 35.5. The number of ether oxygens (including phenoxy) is 1. The number of benzene rings is 3.